The van der Waals surface area contributed by atoms with E-state index in [1.54, 1.807) is 53.4 Å². The zero-order valence-corrected chi connectivity index (χ0v) is 18.4. The molecule has 2 saturated heterocycles. The SMILES string of the molecule is O=C(CNC(=O)c1ccc(N2CCCC2=O)cc1)OCc1ccc(C(=O)N2CCCC2)cc1. The number of nitrogens with zero attached hydrogens (tertiary/aromatic N) is 2. The van der Waals surface area contributed by atoms with Crippen LogP contribution in [0, 0.1) is 0 Å². The molecule has 2 fully saturated rings. The number of hydrogen-bond acceptors (Lipinski definition) is 5. The second-order valence-corrected chi connectivity index (χ2v) is 8.24. The van der Waals surface area contributed by atoms with Gasteiger partial charge in [-0.15, -0.1) is 0 Å². The first kappa shape index (κ1) is 22.5. The highest BCUT2D eigenvalue weighted by atomic mass is 16.5. The van der Waals surface area contributed by atoms with Crippen LogP contribution in [0.5, 0.6) is 0 Å². The highest BCUT2D eigenvalue weighted by molar-refractivity contribution is 5.98. The van der Waals surface area contributed by atoms with Gasteiger partial charge in [-0.25, -0.2) is 0 Å². The quantitative estimate of drug-likeness (QED) is 0.656. The Morgan fingerprint density at radius 3 is 2.15 bits per heavy atom. The van der Waals surface area contributed by atoms with Crippen molar-refractivity contribution in [3.63, 3.8) is 0 Å². The maximum atomic E-state index is 12.4. The van der Waals surface area contributed by atoms with Crippen LogP contribution in [-0.4, -0.2) is 54.8 Å². The highest BCUT2D eigenvalue weighted by Crippen LogP contribution is 2.21. The molecule has 4 rings (SSSR count). The van der Waals surface area contributed by atoms with Gasteiger partial charge >= 0.3 is 5.97 Å². The molecule has 2 aliphatic heterocycles. The zero-order chi connectivity index (χ0) is 23.2. The molecule has 0 bridgehead atoms. The summed E-state index contributed by atoms with van der Waals surface area (Å²) in [5.41, 5.74) is 2.55. The third kappa shape index (κ3) is 5.58. The number of carbonyl (C=O) groups is 4. The summed E-state index contributed by atoms with van der Waals surface area (Å²) in [7, 11) is 0. The molecule has 172 valence electrons. The Morgan fingerprint density at radius 1 is 0.848 bits per heavy atom. The second-order valence-electron chi connectivity index (χ2n) is 8.24. The Balaban J connectivity index is 1.21. The smallest absolute Gasteiger partial charge is 0.325 e. The molecule has 0 unspecified atom stereocenters. The minimum absolute atomic E-state index is 0.0267. The minimum Gasteiger partial charge on any atom is -0.460 e. The first-order valence-corrected chi connectivity index (χ1v) is 11.2. The number of hydrogen-bond donors (Lipinski definition) is 1. The van der Waals surface area contributed by atoms with Crippen LogP contribution in [0.1, 0.15) is 52.0 Å². The normalized spacial score (nSPS) is 15.6. The Hall–Kier alpha value is -3.68. The number of ether oxygens (including phenoxy) is 1. The lowest BCUT2D eigenvalue weighted by Crippen LogP contribution is -2.30. The number of nitrogens with one attached hydrogen (secondary N) is 1. The van der Waals surface area contributed by atoms with Crippen LogP contribution in [0.2, 0.25) is 0 Å². The average Bonchev–Trinajstić information content (AvgIpc) is 3.53. The number of benzene rings is 2. The highest BCUT2D eigenvalue weighted by Gasteiger charge is 2.22. The van der Waals surface area contributed by atoms with Crippen molar-refractivity contribution in [3.8, 4) is 0 Å². The lowest BCUT2D eigenvalue weighted by Gasteiger charge is -2.15. The van der Waals surface area contributed by atoms with E-state index < -0.39 is 11.9 Å². The molecule has 2 aliphatic rings. The maximum Gasteiger partial charge on any atom is 0.325 e. The third-order valence-electron chi connectivity index (χ3n) is 5.90. The molecule has 2 aromatic carbocycles. The van der Waals surface area contributed by atoms with E-state index in [-0.39, 0.29) is 25.0 Å². The lowest BCUT2D eigenvalue weighted by atomic mass is 10.1. The van der Waals surface area contributed by atoms with E-state index in [4.69, 9.17) is 4.74 Å². The van der Waals surface area contributed by atoms with Gasteiger partial charge in [-0.05, 0) is 61.2 Å². The van der Waals surface area contributed by atoms with Gasteiger partial charge in [-0.1, -0.05) is 12.1 Å². The van der Waals surface area contributed by atoms with Crippen molar-refractivity contribution in [3.05, 3.63) is 65.2 Å². The summed E-state index contributed by atoms with van der Waals surface area (Å²) < 4.78 is 5.22. The second kappa shape index (κ2) is 10.3. The van der Waals surface area contributed by atoms with Crippen LogP contribution in [0.15, 0.2) is 48.5 Å². The van der Waals surface area contributed by atoms with Crippen molar-refractivity contribution < 1.29 is 23.9 Å². The average molecular weight is 450 g/mol. The summed E-state index contributed by atoms with van der Waals surface area (Å²) >= 11 is 0. The zero-order valence-electron chi connectivity index (χ0n) is 18.4. The fourth-order valence-corrected chi connectivity index (χ4v) is 4.03. The predicted molar refractivity (Wildman–Crippen MR) is 122 cm³/mol. The standard InChI is InChI=1S/C25H27N3O5/c29-22-4-3-15-28(22)21-11-9-19(10-12-21)24(31)26-16-23(30)33-17-18-5-7-20(8-6-18)25(32)27-13-1-2-14-27/h5-12H,1-4,13-17H2,(H,26,31). The van der Waals surface area contributed by atoms with E-state index in [1.807, 2.05) is 4.90 Å². The molecule has 0 radical (unpaired) electrons. The van der Waals surface area contributed by atoms with Crippen LogP contribution in [0.25, 0.3) is 0 Å². The summed E-state index contributed by atoms with van der Waals surface area (Å²) in [6, 6.07) is 13.7. The number of anilines is 1. The number of esters is 1. The molecule has 3 amide bonds. The first-order chi connectivity index (χ1) is 16.0. The molecular formula is C25H27N3O5. The number of rotatable bonds is 7. The Bertz CT molecular complexity index is 1030. The largest absolute Gasteiger partial charge is 0.460 e. The van der Waals surface area contributed by atoms with Crippen LogP contribution >= 0.6 is 0 Å². The fraction of sp³-hybridized carbons (Fsp3) is 0.360. The van der Waals surface area contributed by atoms with E-state index in [0.29, 0.717) is 24.1 Å². The van der Waals surface area contributed by atoms with Gasteiger partial charge in [0.1, 0.15) is 13.2 Å². The molecule has 2 heterocycles. The van der Waals surface area contributed by atoms with Gasteiger partial charge in [0, 0.05) is 42.9 Å². The molecule has 0 aromatic heterocycles. The fourth-order valence-electron chi connectivity index (χ4n) is 4.03. The Labute approximate surface area is 192 Å². The van der Waals surface area contributed by atoms with Crippen molar-refractivity contribution in [1.82, 2.24) is 10.2 Å². The summed E-state index contributed by atoms with van der Waals surface area (Å²) in [6.45, 7) is 2.09. The molecule has 0 saturated carbocycles. The van der Waals surface area contributed by atoms with Gasteiger partial charge < -0.3 is 19.9 Å². The number of carbonyl (C=O) groups excluding carboxylic acids is 4. The van der Waals surface area contributed by atoms with Crippen molar-refractivity contribution >= 4 is 29.4 Å². The van der Waals surface area contributed by atoms with Crippen LogP contribution in [0.4, 0.5) is 5.69 Å². The topological polar surface area (TPSA) is 96.0 Å². The summed E-state index contributed by atoms with van der Waals surface area (Å²) in [6.07, 6.45) is 3.47. The van der Waals surface area contributed by atoms with Gasteiger partial charge in [0.15, 0.2) is 0 Å². The maximum absolute atomic E-state index is 12.4. The monoisotopic (exact) mass is 449 g/mol. The molecule has 0 aliphatic carbocycles. The van der Waals surface area contributed by atoms with Gasteiger partial charge in [-0.3, -0.25) is 19.2 Å². The molecule has 8 heteroatoms. The Morgan fingerprint density at radius 2 is 1.52 bits per heavy atom. The predicted octanol–water partition coefficient (Wildman–Crippen LogP) is 2.52. The van der Waals surface area contributed by atoms with E-state index in [0.717, 1.165) is 43.6 Å². The lowest BCUT2D eigenvalue weighted by molar-refractivity contribution is -0.143. The molecule has 33 heavy (non-hydrogen) atoms. The summed E-state index contributed by atoms with van der Waals surface area (Å²) in [4.78, 5) is 52.1. The number of likely N-dealkylation sites (tertiary alicyclic amines) is 1. The third-order valence-corrected chi connectivity index (χ3v) is 5.90. The van der Waals surface area contributed by atoms with Crippen molar-refractivity contribution in [2.24, 2.45) is 0 Å². The minimum atomic E-state index is -0.556. The summed E-state index contributed by atoms with van der Waals surface area (Å²) in [5, 5.41) is 2.54. The van der Waals surface area contributed by atoms with Gasteiger partial charge in [0.2, 0.25) is 5.91 Å². The Kier molecular flexibility index (Phi) is 7.02. The van der Waals surface area contributed by atoms with Gasteiger partial charge in [-0.2, -0.15) is 0 Å². The molecule has 0 atom stereocenters. The van der Waals surface area contributed by atoms with Gasteiger partial charge in [0.25, 0.3) is 11.8 Å². The molecule has 2 aromatic rings. The number of amides is 3. The van der Waals surface area contributed by atoms with Crippen molar-refractivity contribution in [2.75, 3.05) is 31.1 Å². The molecule has 0 spiro atoms. The van der Waals surface area contributed by atoms with E-state index in [1.165, 1.54) is 0 Å². The van der Waals surface area contributed by atoms with Crippen LogP contribution in [-0.2, 0) is 20.9 Å². The van der Waals surface area contributed by atoms with Gasteiger partial charge in [0.05, 0.1) is 0 Å². The van der Waals surface area contributed by atoms with Crippen molar-refractivity contribution in [2.45, 2.75) is 32.3 Å². The summed E-state index contributed by atoms with van der Waals surface area (Å²) in [5.74, 6) is -0.836. The molecule has 8 nitrogen and oxygen atoms in total. The molecular weight excluding hydrogens is 422 g/mol. The van der Waals surface area contributed by atoms with Crippen molar-refractivity contribution in [1.29, 1.82) is 0 Å². The first-order valence-electron chi connectivity index (χ1n) is 11.2. The van der Waals surface area contributed by atoms with E-state index in [9.17, 15) is 19.2 Å². The molecule has 1 N–H and O–H groups in total. The van der Waals surface area contributed by atoms with E-state index in [2.05, 4.69) is 5.32 Å². The van der Waals surface area contributed by atoms with Crippen LogP contribution < -0.4 is 10.2 Å². The van der Waals surface area contributed by atoms with E-state index >= 15 is 0 Å². The van der Waals surface area contributed by atoms with Crippen LogP contribution in [0.3, 0.4) is 0 Å².